The molecule has 2 aliphatic carbocycles. The number of nitrogens with two attached hydrogens (primary N) is 1. The molecule has 3 heterocycles. The number of nitrogens with zero attached hydrogens (tertiary/aromatic N) is 4. The van der Waals surface area contributed by atoms with Gasteiger partial charge in [-0.25, -0.2) is 13.4 Å². The van der Waals surface area contributed by atoms with Gasteiger partial charge in [0, 0.05) is 48.5 Å². The van der Waals surface area contributed by atoms with Gasteiger partial charge in [-0.3, -0.25) is 9.58 Å². The number of halogens is 3. The molecule has 2 saturated carbocycles. The Morgan fingerprint density at radius 2 is 1.76 bits per heavy atom. The van der Waals surface area contributed by atoms with E-state index in [2.05, 4.69) is 15.0 Å². The number of fused-ring (bicyclic) bond motifs is 1. The number of aromatic nitrogens is 3. The first-order valence-electron chi connectivity index (χ1n) is 11.3. The molecular weight excluding hydrogens is 455 g/mol. The number of anilines is 1. The Hall–Kier alpha value is -2.14. The highest BCUT2D eigenvalue weighted by Gasteiger charge is 2.58. The Labute approximate surface area is 191 Å². The highest BCUT2D eigenvalue weighted by Crippen LogP contribution is 2.64. The van der Waals surface area contributed by atoms with E-state index in [4.69, 9.17) is 5.73 Å². The van der Waals surface area contributed by atoms with Crippen LogP contribution in [0.2, 0.25) is 0 Å². The quantitative estimate of drug-likeness (QED) is 0.717. The second-order valence-electron chi connectivity index (χ2n) is 9.81. The van der Waals surface area contributed by atoms with Crippen LogP contribution >= 0.6 is 0 Å². The van der Waals surface area contributed by atoms with Crippen molar-refractivity contribution < 1.29 is 21.6 Å². The van der Waals surface area contributed by atoms with Crippen LogP contribution in [0.1, 0.15) is 49.9 Å². The molecule has 2 N–H and O–H groups in total. The summed E-state index contributed by atoms with van der Waals surface area (Å²) < 4.78 is 65.3. The van der Waals surface area contributed by atoms with Gasteiger partial charge >= 0.3 is 6.18 Å². The Morgan fingerprint density at radius 1 is 1.12 bits per heavy atom. The van der Waals surface area contributed by atoms with E-state index in [1.807, 2.05) is 24.6 Å². The van der Waals surface area contributed by atoms with Crippen molar-refractivity contribution in [2.24, 2.45) is 11.8 Å². The molecule has 11 heteroatoms. The predicted molar refractivity (Wildman–Crippen MR) is 118 cm³/mol. The Bertz CT molecular complexity index is 1150. The van der Waals surface area contributed by atoms with E-state index in [0.717, 1.165) is 24.6 Å². The van der Waals surface area contributed by atoms with Crippen molar-refractivity contribution in [2.75, 3.05) is 30.3 Å². The minimum absolute atomic E-state index is 0.0713. The molecule has 2 aromatic rings. The molecule has 3 fully saturated rings. The molecule has 4 atom stereocenters. The van der Waals surface area contributed by atoms with E-state index in [-0.39, 0.29) is 17.5 Å². The summed E-state index contributed by atoms with van der Waals surface area (Å²) in [6, 6.07) is 3.41. The van der Waals surface area contributed by atoms with E-state index in [1.54, 1.807) is 0 Å². The third-order valence-electron chi connectivity index (χ3n) is 7.43. The van der Waals surface area contributed by atoms with Crippen LogP contribution in [0.15, 0.2) is 18.3 Å². The summed E-state index contributed by atoms with van der Waals surface area (Å²) >= 11 is 0. The molecule has 0 aromatic carbocycles. The topological polar surface area (TPSA) is 94.1 Å². The van der Waals surface area contributed by atoms with Crippen LogP contribution in [0, 0.1) is 11.8 Å². The molecule has 1 aliphatic heterocycles. The fourth-order valence-corrected chi connectivity index (χ4v) is 6.93. The van der Waals surface area contributed by atoms with E-state index in [0.29, 0.717) is 48.1 Å². The van der Waals surface area contributed by atoms with E-state index < -0.39 is 27.4 Å². The molecule has 7 nitrogen and oxygen atoms in total. The zero-order valence-corrected chi connectivity index (χ0v) is 19.4. The van der Waals surface area contributed by atoms with Crippen molar-refractivity contribution in [2.45, 2.75) is 50.9 Å². The van der Waals surface area contributed by atoms with Crippen molar-refractivity contribution in [3.8, 4) is 11.3 Å². The molecule has 33 heavy (non-hydrogen) atoms. The van der Waals surface area contributed by atoms with Crippen LogP contribution in [0.4, 0.5) is 19.0 Å². The monoisotopic (exact) mass is 483 g/mol. The Morgan fingerprint density at radius 3 is 2.33 bits per heavy atom. The first kappa shape index (κ1) is 22.6. The van der Waals surface area contributed by atoms with Gasteiger partial charge in [0.25, 0.3) is 0 Å². The summed E-state index contributed by atoms with van der Waals surface area (Å²) in [5.41, 5.74) is 6.33. The van der Waals surface area contributed by atoms with Gasteiger partial charge in [0.05, 0.1) is 22.8 Å². The summed E-state index contributed by atoms with van der Waals surface area (Å²) in [5, 5.41) is 4.64. The van der Waals surface area contributed by atoms with Crippen LogP contribution in [0.3, 0.4) is 0 Å². The maximum Gasteiger partial charge on any atom is 0.419 e. The second-order valence-corrected chi connectivity index (χ2v) is 12.1. The number of nitrogen functional groups attached to an aromatic ring is 1. The highest BCUT2D eigenvalue weighted by atomic mass is 32.2. The van der Waals surface area contributed by atoms with Crippen molar-refractivity contribution in [1.29, 1.82) is 0 Å². The average molecular weight is 484 g/mol. The first-order chi connectivity index (χ1) is 15.4. The zero-order chi connectivity index (χ0) is 23.7. The van der Waals surface area contributed by atoms with Gasteiger partial charge in [-0.05, 0) is 50.7 Å². The van der Waals surface area contributed by atoms with Crippen molar-refractivity contribution in [3.63, 3.8) is 0 Å². The van der Waals surface area contributed by atoms with Crippen molar-refractivity contribution in [3.05, 3.63) is 29.6 Å². The number of hydrogen-bond donors (Lipinski definition) is 1. The smallest absolute Gasteiger partial charge is 0.383 e. The number of sulfone groups is 1. The molecule has 3 aliphatic rings. The molecule has 2 aromatic heterocycles. The van der Waals surface area contributed by atoms with Gasteiger partial charge in [-0.15, -0.1) is 0 Å². The van der Waals surface area contributed by atoms with Gasteiger partial charge < -0.3 is 5.73 Å². The summed E-state index contributed by atoms with van der Waals surface area (Å²) in [6.07, 6.45) is -1.19. The minimum atomic E-state index is -4.58. The fraction of sp³-hybridized carbons (Fsp3) is 0.636. The lowest BCUT2D eigenvalue weighted by atomic mass is 10.0. The molecular formula is C22H28F3N5O2S. The van der Waals surface area contributed by atoms with Gasteiger partial charge in [0.15, 0.2) is 9.84 Å². The highest BCUT2D eigenvalue weighted by molar-refractivity contribution is 7.91. The average Bonchev–Trinajstić information content (AvgIpc) is 3.06. The molecule has 180 valence electrons. The SMILES string of the molecule is CC(C)n1nc(-c2cnc(N)c(C(F)(F)F)c2)cc1[C@H]1[C@@H]2C[C@@H](N3CCS(=O)(=O)CC3)C[C@@H]21. The summed E-state index contributed by atoms with van der Waals surface area (Å²) in [7, 11) is -2.89. The lowest BCUT2D eigenvalue weighted by Gasteiger charge is -2.33. The Kier molecular flexibility index (Phi) is 5.28. The van der Waals surface area contributed by atoms with Gasteiger partial charge in [-0.1, -0.05) is 0 Å². The number of pyridine rings is 1. The molecule has 0 amide bonds. The second kappa shape index (κ2) is 7.69. The maximum atomic E-state index is 13.3. The first-order valence-corrected chi connectivity index (χ1v) is 13.1. The van der Waals surface area contributed by atoms with Crippen molar-refractivity contribution in [1.82, 2.24) is 19.7 Å². The van der Waals surface area contributed by atoms with Gasteiger partial charge in [0.2, 0.25) is 0 Å². The van der Waals surface area contributed by atoms with Crippen LogP contribution in [0.5, 0.6) is 0 Å². The third-order valence-corrected chi connectivity index (χ3v) is 9.04. The van der Waals surface area contributed by atoms with Crippen molar-refractivity contribution >= 4 is 15.7 Å². The predicted octanol–water partition coefficient (Wildman–Crippen LogP) is 3.35. The molecule has 0 bridgehead atoms. The van der Waals surface area contributed by atoms with Gasteiger partial charge in [0.1, 0.15) is 5.82 Å². The summed E-state index contributed by atoms with van der Waals surface area (Å²) in [4.78, 5) is 6.07. The summed E-state index contributed by atoms with van der Waals surface area (Å²) in [5.74, 6) is 1.28. The normalized spacial score (nSPS) is 29.4. The fourth-order valence-electron chi connectivity index (χ4n) is 5.70. The lowest BCUT2D eigenvalue weighted by Crippen LogP contribution is -2.45. The van der Waals surface area contributed by atoms with E-state index in [9.17, 15) is 21.6 Å². The van der Waals surface area contributed by atoms with Gasteiger partial charge in [-0.2, -0.15) is 18.3 Å². The summed E-state index contributed by atoms with van der Waals surface area (Å²) in [6.45, 7) is 5.24. The van der Waals surface area contributed by atoms with Crippen LogP contribution in [0.25, 0.3) is 11.3 Å². The van der Waals surface area contributed by atoms with Crippen LogP contribution < -0.4 is 5.73 Å². The number of alkyl halides is 3. The Balaban J connectivity index is 1.35. The molecule has 1 saturated heterocycles. The maximum absolute atomic E-state index is 13.3. The van der Waals surface area contributed by atoms with E-state index in [1.165, 1.54) is 6.20 Å². The number of hydrogen-bond acceptors (Lipinski definition) is 6. The molecule has 0 radical (unpaired) electrons. The molecule has 5 rings (SSSR count). The lowest BCUT2D eigenvalue weighted by molar-refractivity contribution is -0.137. The minimum Gasteiger partial charge on any atom is -0.383 e. The molecule has 0 spiro atoms. The number of rotatable bonds is 4. The largest absolute Gasteiger partial charge is 0.419 e. The standard InChI is InChI=1S/C22H28F3N5O2S/c1-12(2)30-19(10-18(28-30)13-7-17(22(23,24)25)21(26)27-11-13)20-15-8-14(9-16(15)20)29-3-5-33(31,32)6-4-29/h7,10-12,14-16,20H,3-6,8-9H2,1-2H3,(H2,26,27)/t14-,15-,16+,20+. The third kappa shape index (κ3) is 4.14. The van der Waals surface area contributed by atoms with E-state index >= 15 is 0 Å². The van der Waals surface area contributed by atoms with Crippen LogP contribution in [-0.2, 0) is 16.0 Å². The zero-order valence-electron chi connectivity index (χ0n) is 18.6. The van der Waals surface area contributed by atoms with Crippen LogP contribution in [-0.4, -0.2) is 58.7 Å². The molecule has 0 unspecified atom stereocenters.